The number of halogens is 1. The van der Waals surface area contributed by atoms with Crippen molar-refractivity contribution in [1.82, 2.24) is 10.2 Å². The lowest BCUT2D eigenvalue weighted by molar-refractivity contribution is -0.122. The van der Waals surface area contributed by atoms with Crippen LogP contribution in [0.25, 0.3) is 0 Å². The van der Waals surface area contributed by atoms with Crippen LogP contribution in [0.2, 0.25) is 0 Å². The zero-order chi connectivity index (χ0) is 15.2. The van der Waals surface area contributed by atoms with Crippen LogP contribution in [0, 0.1) is 17.7 Å². The van der Waals surface area contributed by atoms with Crippen LogP contribution in [0.1, 0.15) is 24.0 Å². The van der Waals surface area contributed by atoms with Gasteiger partial charge in [0.1, 0.15) is 5.82 Å². The van der Waals surface area contributed by atoms with Crippen LogP contribution in [0.5, 0.6) is 0 Å². The molecule has 1 aromatic carbocycles. The Morgan fingerprint density at radius 3 is 2.90 bits per heavy atom. The van der Waals surface area contributed by atoms with E-state index in [1.807, 2.05) is 18.0 Å². The molecule has 0 heterocycles. The van der Waals surface area contributed by atoms with Gasteiger partial charge in [0, 0.05) is 18.2 Å². The normalized spacial score (nSPS) is 13.7. The summed E-state index contributed by atoms with van der Waals surface area (Å²) in [5.74, 6) is 5.21. The second kappa shape index (κ2) is 7.21. The highest BCUT2D eigenvalue weighted by Crippen LogP contribution is 2.18. The van der Waals surface area contributed by atoms with Gasteiger partial charge < -0.3 is 11.1 Å². The molecule has 0 radical (unpaired) electrons. The van der Waals surface area contributed by atoms with Crippen molar-refractivity contribution in [2.24, 2.45) is 5.73 Å². The zero-order valence-electron chi connectivity index (χ0n) is 12.2. The van der Waals surface area contributed by atoms with Gasteiger partial charge in [0.05, 0.1) is 13.1 Å². The average Bonchev–Trinajstić information content (AvgIpc) is 3.19. The zero-order valence-corrected chi connectivity index (χ0v) is 12.2. The van der Waals surface area contributed by atoms with Gasteiger partial charge in [-0.15, -0.1) is 0 Å². The first-order valence-corrected chi connectivity index (χ1v) is 7.03. The fourth-order valence-electron chi connectivity index (χ4n) is 2.08. The molecule has 4 nitrogen and oxygen atoms in total. The Labute approximate surface area is 124 Å². The van der Waals surface area contributed by atoms with Gasteiger partial charge in [0.25, 0.3) is 0 Å². The highest BCUT2D eigenvalue weighted by Gasteiger charge is 2.23. The predicted octanol–water partition coefficient (Wildman–Crippen LogP) is 0.846. The Balaban J connectivity index is 1.94. The van der Waals surface area contributed by atoms with Gasteiger partial charge in [-0.25, -0.2) is 4.39 Å². The second-order valence-electron chi connectivity index (χ2n) is 5.37. The van der Waals surface area contributed by atoms with Crippen molar-refractivity contribution in [3.63, 3.8) is 0 Å². The number of nitrogens with one attached hydrogen (secondary N) is 1. The first kappa shape index (κ1) is 15.5. The van der Waals surface area contributed by atoms with E-state index in [4.69, 9.17) is 5.73 Å². The van der Waals surface area contributed by atoms with Crippen molar-refractivity contribution in [2.75, 3.05) is 20.1 Å². The van der Waals surface area contributed by atoms with E-state index in [1.165, 1.54) is 12.1 Å². The molecule has 112 valence electrons. The fourth-order valence-corrected chi connectivity index (χ4v) is 2.08. The van der Waals surface area contributed by atoms with Gasteiger partial charge >= 0.3 is 0 Å². The lowest BCUT2D eigenvalue weighted by Gasteiger charge is -2.16. The van der Waals surface area contributed by atoms with E-state index in [-0.39, 0.29) is 18.3 Å². The fraction of sp³-hybridized carbons (Fsp3) is 0.438. The van der Waals surface area contributed by atoms with Gasteiger partial charge in [-0.05, 0) is 43.7 Å². The minimum absolute atomic E-state index is 0.0135. The molecule has 1 aromatic rings. The summed E-state index contributed by atoms with van der Waals surface area (Å²) >= 11 is 0. The van der Waals surface area contributed by atoms with Gasteiger partial charge in [-0.2, -0.15) is 0 Å². The van der Waals surface area contributed by atoms with E-state index >= 15 is 0 Å². The highest BCUT2D eigenvalue weighted by molar-refractivity contribution is 5.78. The number of carbonyl (C=O) groups is 1. The molecule has 0 unspecified atom stereocenters. The van der Waals surface area contributed by atoms with E-state index in [9.17, 15) is 9.18 Å². The third kappa shape index (κ3) is 5.54. The molecule has 21 heavy (non-hydrogen) atoms. The quantitative estimate of drug-likeness (QED) is 0.790. The number of hydrogen-bond donors (Lipinski definition) is 2. The molecule has 1 fully saturated rings. The van der Waals surface area contributed by atoms with E-state index in [2.05, 4.69) is 17.2 Å². The summed E-state index contributed by atoms with van der Waals surface area (Å²) < 4.78 is 13.6. The maximum atomic E-state index is 13.6. The Bertz CT molecular complexity index is 573. The van der Waals surface area contributed by atoms with E-state index in [1.54, 1.807) is 0 Å². The van der Waals surface area contributed by atoms with E-state index in [0.717, 1.165) is 18.4 Å². The molecule has 1 amide bonds. The molecule has 5 heteroatoms. The molecule has 2 rings (SSSR count). The van der Waals surface area contributed by atoms with Crippen LogP contribution in [0.3, 0.4) is 0 Å². The summed E-state index contributed by atoms with van der Waals surface area (Å²) in [4.78, 5) is 13.6. The maximum Gasteiger partial charge on any atom is 0.234 e. The number of likely N-dealkylation sites (N-methyl/N-ethyl adjacent to an activating group) is 1. The number of nitrogens with two attached hydrogens (primary N) is 1. The first-order valence-electron chi connectivity index (χ1n) is 7.03. The predicted molar refractivity (Wildman–Crippen MR) is 79.8 cm³/mol. The number of nitrogens with zero attached hydrogens (tertiary/aromatic N) is 1. The molecule has 3 N–H and O–H groups in total. The average molecular weight is 289 g/mol. The molecule has 0 bridgehead atoms. The van der Waals surface area contributed by atoms with Crippen LogP contribution < -0.4 is 11.1 Å². The summed E-state index contributed by atoms with van der Waals surface area (Å²) in [6, 6.07) is 5.02. The Hall–Kier alpha value is -1.90. The second-order valence-corrected chi connectivity index (χ2v) is 5.37. The smallest absolute Gasteiger partial charge is 0.234 e. The molecule has 0 spiro atoms. The van der Waals surface area contributed by atoms with Crippen molar-refractivity contribution in [2.45, 2.75) is 25.4 Å². The van der Waals surface area contributed by atoms with Crippen LogP contribution in [0.4, 0.5) is 4.39 Å². The number of hydrogen-bond acceptors (Lipinski definition) is 3. The molecule has 0 aromatic heterocycles. The topological polar surface area (TPSA) is 58.4 Å². The van der Waals surface area contributed by atoms with E-state index in [0.29, 0.717) is 24.7 Å². The molecule has 1 saturated carbocycles. The number of rotatable bonds is 5. The maximum absolute atomic E-state index is 13.6. The van der Waals surface area contributed by atoms with E-state index < -0.39 is 0 Å². The van der Waals surface area contributed by atoms with Crippen LogP contribution in [-0.2, 0) is 11.3 Å². The molecule has 1 aliphatic carbocycles. The summed E-state index contributed by atoms with van der Waals surface area (Å²) in [5.41, 5.74) is 6.71. The third-order valence-corrected chi connectivity index (χ3v) is 3.10. The summed E-state index contributed by atoms with van der Waals surface area (Å²) in [7, 11) is 1.84. The van der Waals surface area contributed by atoms with Crippen molar-refractivity contribution in [3.05, 3.63) is 35.1 Å². The molecule has 1 aliphatic rings. The lowest BCUT2D eigenvalue weighted by Crippen LogP contribution is -2.35. The Kier molecular flexibility index (Phi) is 5.32. The van der Waals surface area contributed by atoms with Crippen molar-refractivity contribution < 1.29 is 9.18 Å². The molecule has 0 saturated heterocycles. The van der Waals surface area contributed by atoms with Crippen molar-refractivity contribution in [3.8, 4) is 11.8 Å². The van der Waals surface area contributed by atoms with Crippen LogP contribution in [-0.4, -0.2) is 37.0 Å². The molecule has 0 aliphatic heterocycles. The van der Waals surface area contributed by atoms with Gasteiger partial charge in [0.2, 0.25) is 5.91 Å². The van der Waals surface area contributed by atoms with Gasteiger partial charge in [-0.3, -0.25) is 9.69 Å². The number of amides is 1. The van der Waals surface area contributed by atoms with Crippen molar-refractivity contribution >= 4 is 5.91 Å². The van der Waals surface area contributed by atoms with Crippen LogP contribution in [0.15, 0.2) is 18.2 Å². The minimum Gasteiger partial charge on any atom is -0.352 e. The summed E-state index contributed by atoms with van der Waals surface area (Å²) in [5, 5.41) is 2.93. The minimum atomic E-state index is -0.329. The van der Waals surface area contributed by atoms with Gasteiger partial charge in [0.15, 0.2) is 0 Å². The number of carbonyl (C=O) groups excluding carboxylic acids is 1. The van der Waals surface area contributed by atoms with Crippen molar-refractivity contribution in [1.29, 1.82) is 0 Å². The summed E-state index contributed by atoms with van der Waals surface area (Å²) in [6.07, 6.45) is 2.14. The standard InChI is InChI=1S/C16H20FN3O/c1-20(11-16(21)19-15-4-5-15)10-13-7-12(3-2-6-18)8-14(17)9-13/h7-9,15H,4-6,10-11,18H2,1H3,(H,19,21). The largest absolute Gasteiger partial charge is 0.352 e. The Morgan fingerprint density at radius 1 is 1.48 bits per heavy atom. The molecular weight excluding hydrogens is 269 g/mol. The first-order chi connectivity index (χ1) is 10.1. The third-order valence-electron chi connectivity index (χ3n) is 3.10. The SMILES string of the molecule is CN(CC(=O)NC1CC1)Cc1cc(F)cc(C#CCN)c1. The van der Waals surface area contributed by atoms with Gasteiger partial charge in [-0.1, -0.05) is 11.8 Å². The van der Waals surface area contributed by atoms with Crippen LogP contribution >= 0.6 is 0 Å². The summed E-state index contributed by atoms with van der Waals surface area (Å²) in [6.45, 7) is 1.04. The lowest BCUT2D eigenvalue weighted by atomic mass is 10.1. The number of benzene rings is 1. The molecular formula is C16H20FN3O. The Morgan fingerprint density at radius 2 is 2.24 bits per heavy atom. The molecule has 0 atom stereocenters. The highest BCUT2D eigenvalue weighted by atomic mass is 19.1. The monoisotopic (exact) mass is 289 g/mol.